The highest BCUT2D eigenvalue weighted by Crippen LogP contribution is 2.48. The third-order valence-electron chi connectivity index (χ3n) is 8.25. The van der Waals surface area contributed by atoms with E-state index in [0.717, 1.165) is 0 Å². The number of likely N-dealkylation sites (N-methyl/N-ethyl adjacent to an activating group) is 1. The number of amides is 5. The molecule has 1 aliphatic heterocycles. The fourth-order valence-electron chi connectivity index (χ4n) is 6.06. The van der Waals surface area contributed by atoms with Crippen molar-refractivity contribution >= 4 is 36.9 Å². The smallest absolute Gasteiger partial charge is 0.254 e. The third-order valence-corrected chi connectivity index (χ3v) is 10.6. The fraction of sp³-hybridized carbons (Fsp3) is 0.686. The van der Waals surface area contributed by atoms with Crippen LogP contribution in [0.1, 0.15) is 90.9 Å². The van der Waals surface area contributed by atoms with E-state index in [1.54, 1.807) is 36.1 Å². The highest BCUT2D eigenvalue weighted by atomic mass is 31.2. The molecule has 2 rings (SSSR count). The van der Waals surface area contributed by atoms with Crippen LogP contribution in [-0.4, -0.2) is 85.2 Å². The predicted molar refractivity (Wildman–Crippen MR) is 187 cm³/mol. The van der Waals surface area contributed by atoms with Crippen molar-refractivity contribution in [2.45, 2.75) is 98.7 Å². The molecule has 13 heteroatoms. The zero-order chi connectivity index (χ0) is 36.0. The Morgan fingerprint density at radius 3 is 1.98 bits per heavy atom. The van der Waals surface area contributed by atoms with Gasteiger partial charge in [0, 0.05) is 31.2 Å². The van der Waals surface area contributed by atoms with Crippen LogP contribution in [0.15, 0.2) is 30.3 Å². The molecule has 12 nitrogen and oxygen atoms in total. The predicted octanol–water partition coefficient (Wildman–Crippen LogP) is 4.15. The Labute approximate surface area is 286 Å². The van der Waals surface area contributed by atoms with E-state index < -0.39 is 43.2 Å². The molecule has 1 aromatic carbocycles. The Balaban J connectivity index is 2.19. The van der Waals surface area contributed by atoms with Crippen LogP contribution in [-0.2, 0) is 28.3 Å². The van der Waals surface area contributed by atoms with E-state index in [1.807, 2.05) is 47.6 Å². The number of hydrogen-bond donors (Lipinski definition) is 4. The van der Waals surface area contributed by atoms with Crippen molar-refractivity contribution in [3.8, 4) is 0 Å². The van der Waals surface area contributed by atoms with Gasteiger partial charge in [-0.3, -0.25) is 28.5 Å². The third kappa shape index (κ3) is 13.0. The zero-order valence-electron chi connectivity index (χ0n) is 30.0. The van der Waals surface area contributed by atoms with Gasteiger partial charge >= 0.3 is 0 Å². The maximum atomic E-state index is 14.2. The van der Waals surface area contributed by atoms with E-state index in [9.17, 15) is 28.5 Å². The van der Waals surface area contributed by atoms with Gasteiger partial charge in [0.2, 0.25) is 31.0 Å². The molecule has 0 bridgehead atoms. The van der Waals surface area contributed by atoms with Gasteiger partial charge in [-0.1, -0.05) is 59.7 Å². The molecule has 0 saturated carbocycles. The number of nitrogens with one attached hydrogen (secondary N) is 4. The summed E-state index contributed by atoms with van der Waals surface area (Å²) in [6, 6.07) is 6.41. The van der Waals surface area contributed by atoms with Crippen molar-refractivity contribution in [2.75, 3.05) is 32.6 Å². The van der Waals surface area contributed by atoms with Crippen LogP contribution in [0.3, 0.4) is 0 Å². The molecule has 1 saturated heterocycles. The lowest BCUT2D eigenvalue weighted by atomic mass is 9.96. The summed E-state index contributed by atoms with van der Waals surface area (Å²) in [5.41, 5.74) is 0.494. The molecule has 0 aliphatic carbocycles. The lowest BCUT2D eigenvalue weighted by molar-refractivity contribution is -0.131. The number of carbonyl (C=O) groups excluding carboxylic acids is 5. The summed E-state index contributed by atoms with van der Waals surface area (Å²) in [4.78, 5) is 67.8. The van der Waals surface area contributed by atoms with Gasteiger partial charge in [0.1, 0.15) is 18.1 Å². The number of hydrogen-bond acceptors (Lipinski definition) is 7. The summed E-state index contributed by atoms with van der Waals surface area (Å²) in [6.07, 6.45) is 1.89. The Bertz CT molecular complexity index is 1270. The second kappa shape index (κ2) is 19.7. The summed E-state index contributed by atoms with van der Waals surface area (Å²) >= 11 is 0. The molecule has 1 unspecified atom stereocenters. The van der Waals surface area contributed by atoms with Crippen LogP contribution in [0.2, 0.25) is 0 Å². The topological polar surface area (TPSA) is 163 Å². The lowest BCUT2D eigenvalue weighted by Gasteiger charge is -2.29. The quantitative estimate of drug-likeness (QED) is 0.159. The molecule has 5 atom stereocenters. The first-order valence-electron chi connectivity index (χ1n) is 17.3. The molecule has 1 aliphatic rings. The Morgan fingerprint density at radius 2 is 1.44 bits per heavy atom. The summed E-state index contributed by atoms with van der Waals surface area (Å²) in [6.45, 7) is 13.9. The minimum Gasteiger partial charge on any atom is -0.357 e. The number of rotatable bonds is 19. The Kier molecular flexibility index (Phi) is 16.8. The van der Waals surface area contributed by atoms with Crippen molar-refractivity contribution in [1.29, 1.82) is 0 Å². The molecule has 1 aromatic rings. The monoisotopic (exact) mass is 691 g/mol. The maximum absolute atomic E-state index is 14.2. The van der Waals surface area contributed by atoms with Crippen molar-refractivity contribution in [1.82, 2.24) is 26.2 Å². The van der Waals surface area contributed by atoms with Crippen LogP contribution in [0.4, 0.5) is 0 Å². The van der Waals surface area contributed by atoms with Crippen molar-refractivity contribution in [3.63, 3.8) is 0 Å². The number of nitrogens with zero attached hydrogens (tertiary/aromatic N) is 1. The van der Waals surface area contributed by atoms with Crippen LogP contribution in [0.5, 0.6) is 0 Å². The first kappa shape index (κ1) is 40.9. The summed E-state index contributed by atoms with van der Waals surface area (Å²) in [5.74, 6) is -2.29. The molecule has 1 fully saturated rings. The molecule has 5 amide bonds. The molecule has 270 valence electrons. The van der Waals surface area contributed by atoms with E-state index in [4.69, 9.17) is 4.52 Å². The van der Waals surface area contributed by atoms with Gasteiger partial charge in [-0.15, -0.1) is 0 Å². The van der Waals surface area contributed by atoms with E-state index in [1.165, 1.54) is 7.05 Å². The minimum atomic E-state index is -3.59. The van der Waals surface area contributed by atoms with E-state index in [2.05, 4.69) is 21.3 Å². The Morgan fingerprint density at radius 1 is 0.854 bits per heavy atom. The molecular weight excluding hydrogens is 633 g/mol. The first-order valence-corrected chi connectivity index (χ1v) is 19.3. The highest BCUT2D eigenvalue weighted by molar-refractivity contribution is 7.59. The zero-order valence-corrected chi connectivity index (χ0v) is 30.9. The van der Waals surface area contributed by atoms with Crippen LogP contribution < -0.4 is 21.3 Å². The van der Waals surface area contributed by atoms with Gasteiger partial charge in [-0.2, -0.15) is 0 Å². The second-order valence-electron chi connectivity index (χ2n) is 14.0. The second-order valence-corrected chi connectivity index (χ2v) is 16.5. The standard InChI is InChI=1S/C35H58N5O7P/c1-9-47-48(46,21-27(18-23(2)3)31(41)38-28(19-24(4)5)32(42)36-8)22-37-33(43)29(20-25(6)7)39-34(44)30-16-13-17-40(30)35(45)26-14-11-10-12-15-26/h10-12,14-15,23-25,27-30H,9,13,16-22H2,1-8H3,(H,36,42)(H,37,43)(H,38,41)(H,39,44)/t27-,28+,29+,30-,48?/m1/s1. The summed E-state index contributed by atoms with van der Waals surface area (Å²) in [5, 5.41) is 11.0. The molecule has 4 N–H and O–H groups in total. The molecular formula is C35H58N5O7P. The van der Waals surface area contributed by atoms with Gasteiger partial charge in [0.05, 0.1) is 12.9 Å². The molecule has 0 spiro atoms. The normalized spacial score (nSPS) is 17.8. The highest BCUT2D eigenvalue weighted by Gasteiger charge is 2.38. The van der Waals surface area contributed by atoms with Gasteiger partial charge in [-0.05, 0) is 68.9 Å². The van der Waals surface area contributed by atoms with Crippen LogP contribution in [0.25, 0.3) is 0 Å². The van der Waals surface area contributed by atoms with Crippen molar-refractivity contribution in [3.05, 3.63) is 35.9 Å². The first-order chi connectivity index (χ1) is 22.6. The van der Waals surface area contributed by atoms with Crippen LogP contribution >= 0.6 is 7.37 Å². The molecule has 1 heterocycles. The van der Waals surface area contributed by atoms with Gasteiger partial charge in [0.25, 0.3) is 5.91 Å². The maximum Gasteiger partial charge on any atom is 0.254 e. The lowest BCUT2D eigenvalue weighted by Crippen LogP contribution is -2.53. The summed E-state index contributed by atoms with van der Waals surface area (Å²) < 4.78 is 19.9. The average Bonchev–Trinajstić information content (AvgIpc) is 3.52. The van der Waals surface area contributed by atoms with Gasteiger partial charge < -0.3 is 30.7 Å². The van der Waals surface area contributed by atoms with Gasteiger partial charge in [-0.25, -0.2) is 0 Å². The number of likely N-dealkylation sites (tertiary alicyclic amines) is 1. The minimum absolute atomic E-state index is 0.0450. The SMILES string of the molecule is CCOP(=O)(CNC(=O)[C@H](CC(C)C)NC(=O)[C@H]1CCCN1C(=O)c1ccccc1)C[C@@H](CC(C)C)C(=O)N[C@@H](CC(C)C)C(=O)NC. The van der Waals surface area contributed by atoms with Crippen LogP contribution in [0, 0.1) is 23.7 Å². The molecule has 48 heavy (non-hydrogen) atoms. The van der Waals surface area contributed by atoms with Crippen molar-refractivity contribution < 1.29 is 33.1 Å². The van der Waals surface area contributed by atoms with Gasteiger partial charge in [0.15, 0.2) is 0 Å². The Hall–Kier alpha value is -3.24. The molecule has 0 aromatic heterocycles. The van der Waals surface area contributed by atoms with E-state index in [0.29, 0.717) is 44.2 Å². The largest absolute Gasteiger partial charge is 0.357 e. The number of benzene rings is 1. The van der Waals surface area contributed by atoms with E-state index >= 15 is 0 Å². The summed E-state index contributed by atoms with van der Waals surface area (Å²) in [7, 11) is -2.07. The fourth-order valence-corrected chi connectivity index (χ4v) is 8.24. The average molecular weight is 692 g/mol. The van der Waals surface area contributed by atoms with E-state index in [-0.39, 0.29) is 54.5 Å². The number of carbonyl (C=O) groups is 5. The molecule has 0 radical (unpaired) electrons. The van der Waals surface area contributed by atoms with Crippen molar-refractivity contribution in [2.24, 2.45) is 23.7 Å².